The van der Waals surface area contributed by atoms with Crippen LogP contribution >= 0.6 is 15.9 Å². The Morgan fingerprint density at radius 1 is 0.853 bits per heavy atom. The molecule has 6 nitrogen and oxygen atoms in total. The molecule has 1 amide bonds. The van der Waals surface area contributed by atoms with Gasteiger partial charge in [0, 0.05) is 4.47 Å². The zero-order valence-corrected chi connectivity index (χ0v) is 20.6. The molecule has 0 aliphatic rings. The van der Waals surface area contributed by atoms with Gasteiger partial charge in [-0.2, -0.15) is 0 Å². The van der Waals surface area contributed by atoms with Crippen molar-refractivity contribution in [1.82, 2.24) is 5.32 Å². The van der Waals surface area contributed by atoms with Gasteiger partial charge in [-0.05, 0) is 53.2 Å². The highest BCUT2D eigenvalue weighted by atomic mass is 79.9. The molecule has 0 radical (unpaired) electrons. The summed E-state index contributed by atoms with van der Waals surface area (Å²) in [5.41, 5.74) is 0.390. The van der Waals surface area contributed by atoms with Gasteiger partial charge in [-0.3, -0.25) is 9.10 Å². The van der Waals surface area contributed by atoms with Crippen LogP contribution in [0.2, 0.25) is 0 Å². The summed E-state index contributed by atoms with van der Waals surface area (Å²) in [7, 11) is -3.94. The number of rotatable bonds is 9. The van der Waals surface area contributed by atoms with Crippen LogP contribution in [0.25, 0.3) is 10.8 Å². The Bertz CT molecular complexity index is 1390. The minimum atomic E-state index is -3.94. The first kappa shape index (κ1) is 23.8. The number of carbonyl (C=O) groups excluding carboxylic acids is 1. The lowest BCUT2D eigenvalue weighted by molar-refractivity contribution is -0.119. The molecular formula is C26H23BrN2O4S. The summed E-state index contributed by atoms with van der Waals surface area (Å²) in [6.07, 6.45) is 0. The van der Waals surface area contributed by atoms with E-state index in [-0.39, 0.29) is 24.6 Å². The van der Waals surface area contributed by atoms with E-state index in [9.17, 15) is 13.2 Å². The molecule has 0 unspecified atom stereocenters. The Morgan fingerprint density at radius 3 is 2.35 bits per heavy atom. The fourth-order valence-electron chi connectivity index (χ4n) is 3.47. The molecule has 0 bridgehead atoms. The molecule has 4 rings (SSSR count). The third-order valence-electron chi connectivity index (χ3n) is 5.13. The van der Waals surface area contributed by atoms with Crippen molar-refractivity contribution < 1.29 is 17.9 Å². The molecule has 0 atom stereocenters. The summed E-state index contributed by atoms with van der Waals surface area (Å²) in [6, 6.07) is 28.7. The van der Waals surface area contributed by atoms with Gasteiger partial charge < -0.3 is 10.1 Å². The SMILES string of the molecule is O=C(CN(c1cccc(Br)c1)S(=O)(=O)c1ccccc1)NCCOc1ccc2ccccc2c1. The Balaban J connectivity index is 1.41. The fourth-order valence-corrected chi connectivity index (χ4v) is 5.29. The van der Waals surface area contributed by atoms with Crippen LogP contribution in [-0.2, 0) is 14.8 Å². The van der Waals surface area contributed by atoms with Crippen molar-refractivity contribution in [1.29, 1.82) is 0 Å². The Hall–Kier alpha value is -3.36. The fraction of sp³-hybridized carbons (Fsp3) is 0.115. The Morgan fingerprint density at radius 2 is 1.59 bits per heavy atom. The molecule has 174 valence electrons. The third-order valence-corrected chi connectivity index (χ3v) is 7.41. The highest BCUT2D eigenvalue weighted by Crippen LogP contribution is 2.26. The normalized spacial score (nSPS) is 11.2. The van der Waals surface area contributed by atoms with Gasteiger partial charge in [-0.15, -0.1) is 0 Å². The quantitative estimate of drug-likeness (QED) is 0.304. The van der Waals surface area contributed by atoms with Crippen LogP contribution in [0, 0.1) is 0 Å². The lowest BCUT2D eigenvalue weighted by Gasteiger charge is -2.24. The van der Waals surface area contributed by atoms with Gasteiger partial charge in [0.25, 0.3) is 10.0 Å². The van der Waals surface area contributed by atoms with Gasteiger partial charge in [0.2, 0.25) is 5.91 Å². The maximum Gasteiger partial charge on any atom is 0.264 e. The van der Waals surface area contributed by atoms with Crippen LogP contribution in [0.1, 0.15) is 0 Å². The van der Waals surface area contributed by atoms with Crippen molar-refractivity contribution in [2.45, 2.75) is 4.90 Å². The minimum Gasteiger partial charge on any atom is -0.492 e. The van der Waals surface area contributed by atoms with Gasteiger partial charge in [-0.1, -0.05) is 70.5 Å². The van der Waals surface area contributed by atoms with Crippen LogP contribution in [0.3, 0.4) is 0 Å². The van der Waals surface area contributed by atoms with Gasteiger partial charge in [0.15, 0.2) is 0 Å². The summed E-state index contributed by atoms with van der Waals surface area (Å²) in [6.45, 7) is 0.138. The maximum absolute atomic E-state index is 13.3. The third kappa shape index (κ3) is 5.76. The predicted octanol–water partition coefficient (Wildman–Crippen LogP) is 4.99. The summed E-state index contributed by atoms with van der Waals surface area (Å²) < 4.78 is 34.2. The standard InChI is InChI=1S/C26H23BrN2O4S/c27-22-9-6-10-23(18-22)29(34(31,32)25-11-2-1-3-12-25)19-26(30)28-15-16-33-24-14-13-20-7-4-5-8-21(20)17-24/h1-14,17-18H,15-16,19H2,(H,28,30). The second kappa shape index (κ2) is 10.7. The second-order valence-corrected chi connectivity index (χ2v) is 10.3. The lowest BCUT2D eigenvalue weighted by Crippen LogP contribution is -2.41. The number of fused-ring (bicyclic) bond motifs is 1. The van der Waals surface area contributed by atoms with Gasteiger partial charge in [0.1, 0.15) is 18.9 Å². The van der Waals surface area contributed by atoms with E-state index in [0.29, 0.717) is 15.9 Å². The number of nitrogens with zero attached hydrogens (tertiary/aromatic N) is 1. The molecule has 0 aromatic heterocycles. The predicted molar refractivity (Wildman–Crippen MR) is 138 cm³/mol. The van der Waals surface area contributed by atoms with E-state index >= 15 is 0 Å². The van der Waals surface area contributed by atoms with Crippen molar-refractivity contribution in [2.24, 2.45) is 0 Å². The number of nitrogens with one attached hydrogen (secondary N) is 1. The van der Waals surface area contributed by atoms with Gasteiger partial charge >= 0.3 is 0 Å². The molecule has 4 aromatic rings. The van der Waals surface area contributed by atoms with Crippen LogP contribution in [0.5, 0.6) is 5.75 Å². The first-order valence-corrected chi connectivity index (χ1v) is 12.9. The van der Waals surface area contributed by atoms with E-state index < -0.39 is 15.9 Å². The molecule has 1 N–H and O–H groups in total. The van der Waals surface area contributed by atoms with Crippen molar-refractivity contribution in [3.05, 3.63) is 102 Å². The molecule has 0 heterocycles. The first-order valence-electron chi connectivity index (χ1n) is 10.7. The average Bonchev–Trinajstić information content (AvgIpc) is 2.85. The number of benzene rings is 4. The molecule has 0 fully saturated rings. The maximum atomic E-state index is 13.3. The number of sulfonamides is 1. The molecular weight excluding hydrogens is 516 g/mol. The number of hydrogen-bond acceptors (Lipinski definition) is 4. The Kier molecular flexibility index (Phi) is 7.49. The number of ether oxygens (including phenoxy) is 1. The topological polar surface area (TPSA) is 75.7 Å². The highest BCUT2D eigenvalue weighted by molar-refractivity contribution is 9.10. The summed E-state index contributed by atoms with van der Waals surface area (Å²) in [4.78, 5) is 12.8. The van der Waals surface area contributed by atoms with E-state index in [1.54, 1.807) is 42.5 Å². The van der Waals surface area contributed by atoms with Crippen molar-refractivity contribution in [3.8, 4) is 5.75 Å². The largest absolute Gasteiger partial charge is 0.492 e. The van der Waals surface area contributed by atoms with Gasteiger partial charge in [0.05, 0.1) is 17.1 Å². The average molecular weight is 539 g/mol. The number of hydrogen-bond donors (Lipinski definition) is 1. The molecule has 4 aromatic carbocycles. The zero-order valence-electron chi connectivity index (χ0n) is 18.2. The number of carbonyl (C=O) groups is 1. The van der Waals surface area contributed by atoms with E-state index in [1.165, 1.54) is 12.1 Å². The van der Waals surface area contributed by atoms with Gasteiger partial charge in [-0.25, -0.2) is 8.42 Å². The van der Waals surface area contributed by atoms with Crippen molar-refractivity contribution in [3.63, 3.8) is 0 Å². The van der Waals surface area contributed by atoms with E-state index in [0.717, 1.165) is 15.1 Å². The molecule has 0 spiro atoms. The number of amides is 1. The van der Waals surface area contributed by atoms with Crippen molar-refractivity contribution >= 4 is 48.3 Å². The Labute approximate surface area is 207 Å². The monoisotopic (exact) mass is 538 g/mol. The number of halogens is 1. The van der Waals surface area contributed by atoms with Crippen LogP contribution < -0.4 is 14.4 Å². The molecule has 8 heteroatoms. The first-order chi connectivity index (χ1) is 16.4. The summed E-state index contributed by atoms with van der Waals surface area (Å²) in [5.74, 6) is 0.275. The molecule has 0 aliphatic carbocycles. The van der Waals surface area contributed by atoms with Crippen LogP contribution in [-0.4, -0.2) is 34.0 Å². The molecule has 0 aliphatic heterocycles. The highest BCUT2D eigenvalue weighted by Gasteiger charge is 2.27. The van der Waals surface area contributed by atoms with E-state index in [4.69, 9.17) is 4.74 Å². The number of anilines is 1. The second-order valence-electron chi connectivity index (χ2n) is 7.51. The van der Waals surface area contributed by atoms with E-state index in [2.05, 4.69) is 21.2 Å². The van der Waals surface area contributed by atoms with Crippen molar-refractivity contribution in [2.75, 3.05) is 24.0 Å². The summed E-state index contributed by atoms with van der Waals surface area (Å²) >= 11 is 3.37. The van der Waals surface area contributed by atoms with E-state index in [1.807, 2.05) is 42.5 Å². The lowest BCUT2D eigenvalue weighted by atomic mass is 10.1. The zero-order chi connectivity index (χ0) is 24.0. The molecule has 0 saturated carbocycles. The molecule has 34 heavy (non-hydrogen) atoms. The minimum absolute atomic E-state index is 0.113. The smallest absolute Gasteiger partial charge is 0.264 e. The van der Waals surface area contributed by atoms with Crippen LogP contribution in [0.4, 0.5) is 5.69 Å². The molecule has 0 saturated heterocycles. The van der Waals surface area contributed by atoms with Crippen LogP contribution in [0.15, 0.2) is 106 Å². The summed E-state index contributed by atoms with van der Waals surface area (Å²) in [5, 5.41) is 4.94.